The fourth-order valence-corrected chi connectivity index (χ4v) is 3.91. The number of nitrogens with one attached hydrogen (secondary N) is 1. The smallest absolute Gasteiger partial charge is 0.273 e. The number of benzene rings is 2. The molecule has 1 aromatic heterocycles. The summed E-state index contributed by atoms with van der Waals surface area (Å²) in [5.74, 6) is -0.821. The number of carbonyl (C=O) groups excluding carboxylic acids is 1. The summed E-state index contributed by atoms with van der Waals surface area (Å²) in [7, 11) is 0. The van der Waals surface area contributed by atoms with Gasteiger partial charge in [-0.2, -0.15) is 5.10 Å². The zero-order valence-corrected chi connectivity index (χ0v) is 16.4. The summed E-state index contributed by atoms with van der Waals surface area (Å²) in [4.78, 5) is 14.5. The number of amides is 1. The molecule has 0 radical (unpaired) electrons. The number of aliphatic hydroxyl groups excluding tert-OH is 1. The molecule has 3 aromatic rings. The molecule has 0 spiro atoms. The van der Waals surface area contributed by atoms with Crippen molar-refractivity contribution in [1.82, 2.24) is 15.1 Å². The van der Waals surface area contributed by atoms with E-state index in [4.69, 9.17) is 11.6 Å². The summed E-state index contributed by atoms with van der Waals surface area (Å²) < 4.78 is 14.7. The van der Waals surface area contributed by atoms with E-state index < -0.39 is 11.9 Å². The number of aliphatic hydroxyl groups is 1. The molecule has 0 aliphatic carbocycles. The van der Waals surface area contributed by atoms with Gasteiger partial charge in [-0.25, -0.2) is 4.39 Å². The first kappa shape index (κ1) is 19.4. The summed E-state index contributed by atoms with van der Waals surface area (Å²) in [5.41, 5.74) is 2.43. The number of rotatable bonds is 5. The highest BCUT2D eigenvalue weighted by Gasteiger charge is 2.43. The van der Waals surface area contributed by atoms with Gasteiger partial charge in [0.15, 0.2) is 0 Å². The summed E-state index contributed by atoms with van der Waals surface area (Å²) in [5, 5.41) is 27.2. The van der Waals surface area contributed by atoms with Crippen LogP contribution in [0.5, 0.6) is 5.75 Å². The third-order valence-corrected chi connectivity index (χ3v) is 5.56. The van der Waals surface area contributed by atoms with E-state index in [0.717, 1.165) is 0 Å². The van der Waals surface area contributed by atoms with Crippen molar-refractivity contribution >= 4 is 17.5 Å². The van der Waals surface area contributed by atoms with Gasteiger partial charge in [-0.15, -0.1) is 0 Å². The Morgan fingerprint density at radius 2 is 2.07 bits per heavy atom. The topological polar surface area (TPSA) is 89.5 Å². The lowest BCUT2D eigenvalue weighted by Crippen LogP contribution is -2.31. The predicted molar refractivity (Wildman–Crippen MR) is 106 cm³/mol. The van der Waals surface area contributed by atoms with Crippen molar-refractivity contribution in [3.05, 3.63) is 69.6 Å². The molecule has 0 unspecified atom stereocenters. The molecular weight excluding hydrogens is 397 g/mol. The number of nitrogens with zero attached hydrogens (tertiary/aromatic N) is 2. The van der Waals surface area contributed by atoms with Crippen LogP contribution in [0.15, 0.2) is 36.4 Å². The van der Waals surface area contributed by atoms with Gasteiger partial charge in [-0.3, -0.25) is 9.89 Å². The van der Waals surface area contributed by atoms with Gasteiger partial charge in [0.25, 0.3) is 5.91 Å². The number of aromatic amines is 1. The second kappa shape index (κ2) is 7.50. The van der Waals surface area contributed by atoms with E-state index in [9.17, 15) is 19.4 Å². The fraction of sp³-hybridized carbons (Fsp3) is 0.238. The van der Waals surface area contributed by atoms with Crippen LogP contribution in [-0.4, -0.2) is 44.4 Å². The Labute approximate surface area is 171 Å². The standard InChI is InChI=1S/C21H19ClFN3O3/c1-11-9-16(28)13(10-14(11)22)18-17-19(25-24-18)21(29)26(7-4-8-27)20(17)12-5-2-3-6-15(12)23/h2-3,5-6,9-10,20,27-28H,4,7-8H2,1H3,(H,24,25)/t20-/m1/s1. The monoisotopic (exact) mass is 415 g/mol. The highest BCUT2D eigenvalue weighted by Crippen LogP contribution is 2.45. The van der Waals surface area contributed by atoms with E-state index in [1.165, 1.54) is 17.0 Å². The van der Waals surface area contributed by atoms with Crippen molar-refractivity contribution in [1.29, 1.82) is 0 Å². The minimum absolute atomic E-state index is 0.0326. The third-order valence-electron chi connectivity index (χ3n) is 5.15. The van der Waals surface area contributed by atoms with Gasteiger partial charge in [0.05, 0.1) is 6.04 Å². The van der Waals surface area contributed by atoms with Crippen molar-refractivity contribution in [2.45, 2.75) is 19.4 Å². The van der Waals surface area contributed by atoms with Gasteiger partial charge in [-0.1, -0.05) is 29.8 Å². The van der Waals surface area contributed by atoms with Crippen LogP contribution in [0.3, 0.4) is 0 Å². The Kier molecular flexibility index (Phi) is 5.02. The first-order valence-electron chi connectivity index (χ1n) is 9.18. The highest BCUT2D eigenvalue weighted by atomic mass is 35.5. The molecular formula is C21H19ClFN3O3. The second-order valence-electron chi connectivity index (χ2n) is 6.98. The van der Waals surface area contributed by atoms with Crippen molar-refractivity contribution in [3.63, 3.8) is 0 Å². The summed E-state index contributed by atoms with van der Waals surface area (Å²) >= 11 is 6.24. The van der Waals surface area contributed by atoms with Gasteiger partial charge in [0, 0.05) is 34.9 Å². The lowest BCUT2D eigenvalue weighted by atomic mass is 9.95. The normalized spacial score (nSPS) is 15.8. The number of carbonyl (C=O) groups is 1. The number of aromatic hydroxyl groups is 1. The molecule has 1 amide bonds. The van der Waals surface area contributed by atoms with E-state index in [1.807, 2.05) is 0 Å². The van der Waals surface area contributed by atoms with Crippen LogP contribution in [-0.2, 0) is 0 Å². The van der Waals surface area contributed by atoms with Crippen LogP contribution in [0, 0.1) is 12.7 Å². The van der Waals surface area contributed by atoms with Crippen molar-refractivity contribution in [3.8, 4) is 17.0 Å². The molecule has 4 rings (SSSR count). The van der Waals surface area contributed by atoms with Crippen LogP contribution >= 0.6 is 11.6 Å². The predicted octanol–water partition coefficient (Wildman–Crippen LogP) is 3.81. The van der Waals surface area contributed by atoms with Crippen molar-refractivity contribution in [2.75, 3.05) is 13.2 Å². The second-order valence-corrected chi connectivity index (χ2v) is 7.39. The number of halogens is 2. The van der Waals surface area contributed by atoms with Gasteiger partial charge < -0.3 is 15.1 Å². The first-order valence-corrected chi connectivity index (χ1v) is 9.55. The number of aryl methyl sites for hydroxylation is 1. The van der Waals surface area contributed by atoms with Gasteiger partial charge in [0.1, 0.15) is 23.0 Å². The van der Waals surface area contributed by atoms with Crippen LogP contribution in [0.1, 0.15) is 39.6 Å². The molecule has 1 aliphatic heterocycles. The number of H-pyrrole nitrogens is 1. The lowest BCUT2D eigenvalue weighted by molar-refractivity contribution is 0.0730. The number of hydrogen-bond donors (Lipinski definition) is 3. The summed E-state index contributed by atoms with van der Waals surface area (Å²) in [6.07, 6.45) is 0.353. The SMILES string of the molecule is Cc1cc(O)c(-c2n[nH]c3c2[C@@H](c2ccccc2F)N(CCCO)C3=O)cc1Cl. The number of phenolic OH excluding ortho intramolecular Hbond substituents is 1. The van der Waals surface area contributed by atoms with E-state index in [1.54, 1.807) is 31.2 Å². The molecule has 3 N–H and O–H groups in total. The van der Waals surface area contributed by atoms with Crippen molar-refractivity contribution < 1.29 is 19.4 Å². The highest BCUT2D eigenvalue weighted by molar-refractivity contribution is 6.31. The Hall–Kier alpha value is -2.90. The largest absolute Gasteiger partial charge is 0.507 e. The third kappa shape index (κ3) is 3.16. The molecule has 2 aromatic carbocycles. The molecule has 8 heteroatoms. The van der Waals surface area contributed by atoms with E-state index in [2.05, 4.69) is 10.2 Å². The molecule has 150 valence electrons. The average molecular weight is 416 g/mol. The quantitative estimate of drug-likeness (QED) is 0.591. The van der Waals surface area contributed by atoms with Gasteiger partial charge in [0.2, 0.25) is 0 Å². The molecule has 1 atom stereocenters. The zero-order valence-electron chi connectivity index (χ0n) is 15.6. The number of hydrogen-bond acceptors (Lipinski definition) is 4. The Balaban J connectivity index is 1.93. The molecule has 1 aliphatic rings. The number of aromatic nitrogens is 2. The molecule has 6 nitrogen and oxygen atoms in total. The summed E-state index contributed by atoms with van der Waals surface area (Å²) in [6.45, 7) is 1.92. The Morgan fingerprint density at radius 1 is 1.31 bits per heavy atom. The zero-order chi connectivity index (χ0) is 20.7. The number of phenols is 1. The Bertz CT molecular complexity index is 1100. The molecule has 29 heavy (non-hydrogen) atoms. The van der Waals surface area contributed by atoms with Crippen LogP contribution < -0.4 is 0 Å². The maximum absolute atomic E-state index is 14.7. The van der Waals surface area contributed by atoms with Gasteiger partial charge in [-0.05, 0) is 37.1 Å². The molecule has 0 fully saturated rings. The summed E-state index contributed by atoms with van der Waals surface area (Å²) in [6, 6.07) is 8.61. The van der Waals surface area contributed by atoms with E-state index >= 15 is 0 Å². The lowest BCUT2D eigenvalue weighted by Gasteiger charge is -2.26. The minimum Gasteiger partial charge on any atom is -0.507 e. The van der Waals surface area contributed by atoms with Crippen LogP contribution in [0.2, 0.25) is 5.02 Å². The maximum atomic E-state index is 14.7. The average Bonchev–Trinajstić information content (AvgIpc) is 3.23. The first-order chi connectivity index (χ1) is 13.9. The van der Waals surface area contributed by atoms with Crippen molar-refractivity contribution in [2.24, 2.45) is 0 Å². The Morgan fingerprint density at radius 3 is 2.79 bits per heavy atom. The molecule has 0 saturated heterocycles. The fourth-order valence-electron chi connectivity index (χ4n) is 3.75. The van der Waals surface area contributed by atoms with E-state index in [0.29, 0.717) is 39.4 Å². The van der Waals surface area contributed by atoms with Crippen LogP contribution in [0.4, 0.5) is 4.39 Å². The van der Waals surface area contributed by atoms with Gasteiger partial charge >= 0.3 is 0 Å². The van der Waals surface area contributed by atoms with Crippen LogP contribution in [0.25, 0.3) is 11.3 Å². The van der Waals surface area contributed by atoms with E-state index in [-0.39, 0.29) is 30.5 Å². The molecule has 2 heterocycles. The molecule has 0 saturated carbocycles. The minimum atomic E-state index is -0.738. The number of fused-ring (bicyclic) bond motifs is 1. The maximum Gasteiger partial charge on any atom is 0.273 e. The molecule has 0 bridgehead atoms.